The number of hydrogen-bond donors (Lipinski definition) is 2. The molecular weight excluding hydrogens is 713 g/mol. The van der Waals surface area contributed by atoms with Gasteiger partial charge in [0.2, 0.25) is 0 Å². The van der Waals surface area contributed by atoms with Crippen LogP contribution in [0.1, 0.15) is 134 Å². The predicted molar refractivity (Wildman–Crippen MR) is 243 cm³/mol. The Labute approximate surface area is 341 Å². The number of aliphatic hydroxyl groups is 2. The zero-order valence-electron chi connectivity index (χ0n) is 35.4. The third kappa shape index (κ3) is 5.55. The van der Waals surface area contributed by atoms with Crippen molar-refractivity contribution >= 4 is 77.3 Å². The average Bonchev–Trinajstić information content (AvgIpc) is 3.14. The van der Waals surface area contributed by atoms with Crippen LogP contribution in [-0.2, 0) is 23.7 Å². The smallest absolute Gasteiger partial charge is 0.198 e. The van der Waals surface area contributed by atoms with Crippen molar-refractivity contribution in [2.75, 3.05) is 0 Å². The van der Waals surface area contributed by atoms with Crippen LogP contribution in [0.15, 0.2) is 84.9 Å². The summed E-state index contributed by atoms with van der Waals surface area (Å²) in [6, 6.07) is 28.6. The molecule has 0 heterocycles. The van der Waals surface area contributed by atoms with Crippen LogP contribution in [0.25, 0.3) is 65.8 Å². The van der Waals surface area contributed by atoms with Crippen molar-refractivity contribution in [1.82, 2.24) is 0 Å². The molecule has 0 aromatic heterocycles. The van der Waals surface area contributed by atoms with Crippen LogP contribution < -0.4 is 0 Å². The highest BCUT2D eigenvalue weighted by molar-refractivity contribution is 6.47. The zero-order valence-corrected chi connectivity index (χ0v) is 35.4. The van der Waals surface area contributed by atoms with Gasteiger partial charge in [0.25, 0.3) is 0 Å². The summed E-state index contributed by atoms with van der Waals surface area (Å²) >= 11 is 0. The molecule has 2 aliphatic rings. The van der Waals surface area contributed by atoms with Crippen LogP contribution >= 0.6 is 0 Å². The number of ketones is 2. The standard InChI is InChI=1S/C54H52O4/c1-27(2)23-29-11-22-42(54(8,9)10)41(25-29)48-51(57)38-20-16-34-32-14-18-36-45-37(19-15-33(43(32)45)35-17-21-39(52(48)58)46(38)44(34)35)50(56)47(49(36)55)40-26-31(53(5,6)7)13-12-30(40)24-28(3)4/h11-22,25-28,55,57H,23-24H2,1-10H3. The first kappa shape index (κ1) is 37.8. The van der Waals surface area contributed by atoms with Crippen LogP contribution in [-0.4, -0.2) is 21.8 Å². The minimum absolute atomic E-state index is 0.00462. The maximum absolute atomic E-state index is 14.8. The van der Waals surface area contributed by atoms with Crippen molar-refractivity contribution < 1.29 is 19.8 Å². The van der Waals surface area contributed by atoms with Gasteiger partial charge in [0.1, 0.15) is 11.5 Å². The molecule has 0 saturated heterocycles. The Hall–Kier alpha value is -5.74. The van der Waals surface area contributed by atoms with Gasteiger partial charge in [-0.2, -0.15) is 0 Å². The number of fused-ring (bicyclic) bond motifs is 2. The lowest BCUT2D eigenvalue weighted by Gasteiger charge is -2.28. The molecule has 4 heteroatoms. The van der Waals surface area contributed by atoms with Gasteiger partial charge in [-0.25, -0.2) is 0 Å². The normalized spacial score (nSPS) is 14.9. The second-order valence-electron chi connectivity index (χ2n) is 19.7. The van der Waals surface area contributed by atoms with E-state index in [1.54, 1.807) is 0 Å². The van der Waals surface area contributed by atoms with Gasteiger partial charge in [-0.1, -0.05) is 130 Å². The van der Waals surface area contributed by atoms with Gasteiger partial charge in [0, 0.05) is 33.0 Å². The quantitative estimate of drug-likeness (QED) is 0.131. The number of carbonyl (C=O) groups excluding carboxylic acids is 2. The van der Waals surface area contributed by atoms with Gasteiger partial charge in [-0.15, -0.1) is 0 Å². The van der Waals surface area contributed by atoms with Gasteiger partial charge >= 0.3 is 0 Å². The van der Waals surface area contributed by atoms with Crippen LogP contribution in [0.3, 0.4) is 0 Å². The summed E-state index contributed by atoms with van der Waals surface area (Å²) in [4.78, 5) is 29.6. The van der Waals surface area contributed by atoms with E-state index >= 15 is 0 Å². The van der Waals surface area contributed by atoms with Crippen molar-refractivity contribution in [3.05, 3.63) is 141 Å². The summed E-state index contributed by atoms with van der Waals surface area (Å²) in [5, 5.41) is 31.5. The zero-order chi connectivity index (χ0) is 41.3. The Balaban J connectivity index is 1.29. The molecule has 58 heavy (non-hydrogen) atoms. The fraction of sp³-hybridized carbons (Fsp3) is 0.296. The van der Waals surface area contributed by atoms with Gasteiger partial charge in [0.15, 0.2) is 11.6 Å². The fourth-order valence-corrected chi connectivity index (χ4v) is 9.86. The molecule has 0 fully saturated rings. The number of hydrogen-bond acceptors (Lipinski definition) is 4. The first-order valence-corrected chi connectivity index (χ1v) is 20.8. The molecule has 0 atom stereocenters. The number of Topliss-reactive ketones (excluding diaryl/α,β-unsaturated/α-hetero) is 2. The third-order valence-electron chi connectivity index (χ3n) is 12.5. The highest BCUT2D eigenvalue weighted by Gasteiger charge is 2.36. The van der Waals surface area contributed by atoms with Crippen LogP contribution in [0, 0.1) is 11.8 Å². The second kappa shape index (κ2) is 12.9. The molecule has 0 unspecified atom stereocenters. The molecule has 292 valence electrons. The summed E-state index contributed by atoms with van der Waals surface area (Å²) < 4.78 is 0. The highest BCUT2D eigenvalue weighted by Crippen LogP contribution is 2.51. The number of rotatable bonds is 6. The number of benzene rings is 7. The topological polar surface area (TPSA) is 74.6 Å². The van der Waals surface area contributed by atoms with Gasteiger partial charge < -0.3 is 10.2 Å². The van der Waals surface area contributed by atoms with Crippen molar-refractivity contribution in [3.8, 4) is 0 Å². The van der Waals surface area contributed by atoms with Gasteiger partial charge in [-0.3, -0.25) is 9.59 Å². The molecule has 4 nitrogen and oxygen atoms in total. The molecule has 0 amide bonds. The number of allylic oxidation sites excluding steroid dienone is 2. The van der Waals surface area contributed by atoms with E-state index in [1.807, 2.05) is 48.5 Å². The second-order valence-corrected chi connectivity index (χ2v) is 19.7. The van der Waals surface area contributed by atoms with E-state index in [-0.39, 0.29) is 33.9 Å². The first-order chi connectivity index (χ1) is 27.4. The SMILES string of the molecule is CC(C)Cc1ccc(C(C)(C)C)c(C2=C(O)c3ccc4c5ccc6c7c(ccc(c8ccc(c3c84)C2=O)c75)C(=O)C(c2cc(C(C)(C)C)ccc2CC(C)C)=C6O)c1. The minimum Gasteiger partial charge on any atom is -0.507 e. The Morgan fingerprint density at radius 3 is 1.38 bits per heavy atom. The van der Waals surface area contributed by atoms with E-state index < -0.39 is 0 Å². The van der Waals surface area contributed by atoms with E-state index in [0.717, 1.165) is 89.3 Å². The fourth-order valence-electron chi connectivity index (χ4n) is 9.86. The lowest BCUT2D eigenvalue weighted by atomic mass is 9.75. The van der Waals surface area contributed by atoms with Gasteiger partial charge in [-0.05, 0) is 125 Å². The first-order valence-electron chi connectivity index (χ1n) is 20.8. The molecule has 0 radical (unpaired) electrons. The van der Waals surface area contributed by atoms with Crippen LogP contribution in [0.2, 0.25) is 0 Å². The molecule has 0 bridgehead atoms. The lowest BCUT2D eigenvalue weighted by molar-refractivity contribution is 0.104. The Bertz CT molecular complexity index is 2990. The van der Waals surface area contributed by atoms with Crippen molar-refractivity contribution in [2.45, 2.75) is 92.9 Å². The van der Waals surface area contributed by atoms with E-state index in [2.05, 4.69) is 106 Å². The summed E-state index contributed by atoms with van der Waals surface area (Å²) in [6.45, 7) is 21.6. The monoisotopic (exact) mass is 764 g/mol. The Morgan fingerprint density at radius 2 is 0.931 bits per heavy atom. The molecular formula is C54H52O4. The van der Waals surface area contributed by atoms with Crippen molar-refractivity contribution in [3.63, 3.8) is 0 Å². The molecule has 0 spiro atoms. The molecule has 2 N–H and O–H groups in total. The van der Waals surface area contributed by atoms with Crippen LogP contribution in [0.4, 0.5) is 0 Å². The summed E-state index contributed by atoms with van der Waals surface area (Å²) in [5.41, 5.74) is 8.63. The maximum atomic E-state index is 14.8. The summed E-state index contributed by atoms with van der Waals surface area (Å²) in [7, 11) is 0. The molecule has 7 aromatic rings. The average molecular weight is 765 g/mol. The maximum Gasteiger partial charge on any atom is 0.198 e. The third-order valence-corrected chi connectivity index (χ3v) is 12.5. The van der Waals surface area contributed by atoms with E-state index in [4.69, 9.17) is 0 Å². The molecule has 2 aliphatic carbocycles. The number of aliphatic hydroxyl groups excluding tert-OH is 2. The highest BCUT2D eigenvalue weighted by atomic mass is 16.3. The molecule has 9 rings (SSSR count). The molecule has 0 saturated carbocycles. The van der Waals surface area contributed by atoms with Gasteiger partial charge in [0.05, 0.1) is 11.1 Å². The Morgan fingerprint density at radius 1 is 0.466 bits per heavy atom. The molecule has 7 aromatic carbocycles. The lowest BCUT2D eigenvalue weighted by Crippen LogP contribution is -2.19. The van der Waals surface area contributed by atoms with E-state index in [1.165, 1.54) is 0 Å². The summed E-state index contributed by atoms with van der Waals surface area (Å²) in [5.74, 6) is 0.457. The molecule has 0 aliphatic heterocycles. The van der Waals surface area contributed by atoms with E-state index in [9.17, 15) is 19.8 Å². The summed E-state index contributed by atoms with van der Waals surface area (Å²) in [6.07, 6.45) is 1.66. The number of carbonyl (C=O) groups is 2. The van der Waals surface area contributed by atoms with Crippen molar-refractivity contribution in [1.29, 1.82) is 0 Å². The van der Waals surface area contributed by atoms with Crippen molar-refractivity contribution in [2.24, 2.45) is 11.8 Å². The Kier molecular flexibility index (Phi) is 8.40. The minimum atomic E-state index is -0.259. The van der Waals surface area contributed by atoms with Crippen LogP contribution in [0.5, 0.6) is 0 Å². The largest absolute Gasteiger partial charge is 0.507 e. The van der Waals surface area contributed by atoms with E-state index in [0.29, 0.717) is 45.2 Å². The predicted octanol–water partition coefficient (Wildman–Crippen LogP) is 14.0.